The fourth-order valence-corrected chi connectivity index (χ4v) is 4.32. The van der Waals surface area contributed by atoms with E-state index in [0.717, 1.165) is 42.7 Å². The predicted octanol–water partition coefficient (Wildman–Crippen LogP) is 2.87. The average molecular weight is 330 g/mol. The number of methoxy groups -OCH3 is 1. The zero-order valence-electron chi connectivity index (χ0n) is 14.8. The van der Waals surface area contributed by atoms with Crippen molar-refractivity contribution in [1.82, 2.24) is 10.2 Å². The van der Waals surface area contributed by atoms with Gasteiger partial charge in [0.2, 0.25) is 5.91 Å². The number of hydrogen-bond acceptors (Lipinski definition) is 3. The molecule has 3 rings (SSSR count). The first-order valence-corrected chi connectivity index (χ1v) is 9.37. The SMILES string of the molecule is COc1ccccc1CCNC(=O)CN1CC[C@H]2CCCC[C@@H]2C1. The van der Waals surface area contributed by atoms with Crippen LogP contribution in [-0.4, -0.2) is 44.1 Å². The quantitative estimate of drug-likeness (QED) is 0.872. The summed E-state index contributed by atoms with van der Waals surface area (Å²) in [6.07, 6.45) is 7.63. The molecule has 24 heavy (non-hydrogen) atoms. The number of para-hydroxylation sites is 1. The molecule has 1 aromatic carbocycles. The molecule has 2 aliphatic rings. The standard InChI is InChI=1S/C20H30N2O2/c1-24-19-9-5-4-7-17(19)10-12-21-20(23)15-22-13-11-16-6-2-3-8-18(16)14-22/h4-5,7,9,16,18H,2-3,6,8,10-15H2,1H3,(H,21,23)/t16-,18-/m1/s1. The lowest BCUT2D eigenvalue weighted by molar-refractivity contribution is -0.123. The summed E-state index contributed by atoms with van der Waals surface area (Å²) in [4.78, 5) is 14.6. The molecule has 0 radical (unpaired) electrons. The van der Waals surface area contributed by atoms with Crippen LogP contribution in [0, 0.1) is 11.8 Å². The molecule has 0 bridgehead atoms. The molecule has 132 valence electrons. The van der Waals surface area contributed by atoms with E-state index in [0.29, 0.717) is 13.1 Å². The molecule has 1 aromatic rings. The lowest BCUT2D eigenvalue weighted by Gasteiger charge is -2.41. The van der Waals surface area contributed by atoms with E-state index >= 15 is 0 Å². The molecule has 2 atom stereocenters. The van der Waals surface area contributed by atoms with Crippen molar-refractivity contribution in [1.29, 1.82) is 0 Å². The summed E-state index contributed by atoms with van der Waals surface area (Å²) in [7, 11) is 1.69. The number of piperidine rings is 1. The van der Waals surface area contributed by atoms with Gasteiger partial charge in [0.25, 0.3) is 0 Å². The van der Waals surface area contributed by atoms with Crippen LogP contribution in [0.25, 0.3) is 0 Å². The molecule has 1 aliphatic carbocycles. The zero-order valence-corrected chi connectivity index (χ0v) is 14.8. The Morgan fingerprint density at radius 3 is 2.83 bits per heavy atom. The van der Waals surface area contributed by atoms with Crippen molar-refractivity contribution in [3.8, 4) is 5.75 Å². The first-order valence-electron chi connectivity index (χ1n) is 9.37. The molecule has 1 aliphatic heterocycles. The summed E-state index contributed by atoms with van der Waals surface area (Å²) < 4.78 is 5.35. The van der Waals surface area contributed by atoms with Gasteiger partial charge in [-0.3, -0.25) is 9.69 Å². The van der Waals surface area contributed by atoms with Gasteiger partial charge in [0.05, 0.1) is 13.7 Å². The fourth-order valence-electron chi connectivity index (χ4n) is 4.32. The van der Waals surface area contributed by atoms with Crippen LogP contribution >= 0.6 is 0 Å². The van der Waals surface area contributed by atoms with Crippen molar-refractivity contribution >= 4 is 5.91 Å². The van der Waals surface area contributed by atoms with Gasteiger partial charge in [-0.1, -0.05) is 37.5 Å². The Labute approximate surface area is 145 Å². The molecule has 0 aromatic heterocycles. The van der Waals surface area contributed by atoms with Crippen LogP contribution in [0.2, 0.25) is 0 Å². The Hall–Kier alpha value is -1.55. The first-order chi connectivity index (χ1) is 11.8. The second-order valence-corrected chi connectivity index (χ2v) is 7.24. The number of likely N-dealkylation sites (tertiary alicyclic amines) is 1. The zero-order chi connectivity index (χ0) is 16.8. The van der Waals surface area contributed by atoms with E-state index in [1.807, 2.05) is 18.2 Å². The largest absolute Gasteiger partial charge is 0.496 e. The highest BCUT2D eigenvalue weighted by Gasteiger charge is 2.31. The Balaban J connectivity index is 1.40. The van der Waals surface area contributed by atoms with Gasteiger partial charge in [-0.05, 0) is 49.3 Å². The maximum atomic E-state index is 12.2. The number of benzene rings is 1. The minimum atomic E-state index is 0.152. The smallest absolute Gasteiger partial charge is 0.234 e. The average Bonchev–Trinajstić information content (AvgIpc) is 2.62. The number of rotatable bonds is 6. The summed E-state index contributed by atoms with van der Waals surface area (Å²) in [5.41, 5.74) is 1.14. The van der Waals surface area contributed by atoms with E-state index in [4.69, 9.17) is 4.74 Å². The highest BCUT2D eigenvalue weighted by molar-refractivity contribution is 5.78. The number of nitrogens with one attached hydrogen (secondary N) is 1. The summed E-state index contributed by atoms with van der Waals surface area (Å²) in [5, 5.41) is 3.07. The number of hydrogen-bond donors (Lipinski definition) is 1. The molecule has 0 unspecified atom stereocenters. The number of amides is 1. The molecule has 4 nitrogen and oxygen atoms in total. The van der Waals surface area contributed by atoms with Crippen LogP contribution in [0.5, 0.6) is 5.75 Å². The molecule has 1 heterocycles. The molecule has 1 saturated heterocycles. The molecule has 0 spiro atoms. The van der Waals surface area contributed by atoms with Crippen molar-refractivity contribution in [3.63, 3.8) is 0 Å². The second-order valence-electron chi connectivity index (χ2n) is 7.24. The van der Waals surface area contributed by atoms with Crippen molar-refractivity contribution in [2.75, 3.05) is 33.3 Å². The number of ether oxygens (including phenoxy) is 1. The Morgan fingerprint density at radius 2 is 2.00 bits per heavy atom. The molecular weight excluding hydrogens is 300 g/mol. The van der Waals surface area contributed by atoms with Crippen molar-refractivity contribution in [2.45, 2.75) is 38.5 Å². The van der Waals surface area contributed by atoms with E-state index in [1.165, 1.54) is 32.1 Å². The van der Waals surface area contributed by atoms with Gasteiger partial charge < -0.3 is 10.1 Å². The third kappa shape index (κ3) is 4.50. The summed E-state index contributed by atoms with van der Waals surface area (Å²) in [6.45, 7) is 3.42. The van der Waals surface area contributed by atoms with Crippen LogP contribution in [0.15, 0.2) is 24.3 Å². The summed E-state index contributed by atoms with van der Waals surface area (Å²) in [6, 6.07) is 7.99. The van der Waals surface area contributed by atoms with Gasteiger partial charge >= 0.3 is 0 Å². The molecule has 1 saturated carbocycles. The summed E-state index contributed by atoms with van der Waals surface area (Å²) >= 11 is 0. The van der Waals surface area contributed by atoms with Gasteiger partial charge in [0, 0.05) is 13.1 Å². The molecular formula is C20H30N2O2. The minimum Gasteiger partial charge on any atom is -0.496 e. The third-order valence-corrected chi connectivity index (χ3v) is 5.65. The van der Waals surface area contributed by atoms with E-state index in [1.54, 1.807) is 7.11 Å². The van der Waals surface area contributed by atoms with E-state index in [9.17, 15) is 4.79 Å². The van der Waals surface area contributed by atoms with Crippen molar-refractivity contribution in [3.05, 3.63) is 29.8 Å². The Bertz CT molecular complexity index is 546. The van der Waals surface area contributed by atoms with Gasteiger partial charge in [-0.2, -0.15) is 0 Å². The van der Waals surface area contributed by atoms with E-state index < -0.39 is 0 Å². The van der Waals surface area contributed by atoms with Gasteiger partial charge in [-0.15, -0.1) is 0 Å². The maximum absolute atomic E-state index is 12.2. The topological polar surface area (TPSA) is 41.6 Å². The van der Waals surface area contributed by atoms with Crippen LogP contribution in [0.3, 0.4) is 0 Å². The van der Waals surface area contributed by atoms with Crippen molar-refractivity contribution < 1.29 is 9.53 Å². The molecule has 2 fully saturated rings. The lowest BCUT2D eigenvalue weighted by Crippen LogP contribution is -2.46. The second kappa shape index (κ2) is 8.52. The van der Waals surface area contributed by atoms with Crippen LogP contribution in [-0.2, 0) is 11.2 Å². The van der Waals surface area contributed by atoms with Crippen LogP contribution in [0.1, 0.15) is 37.7 Å². The van der Waals surface area contributed by atoms with Crippen molar-refractivity contribution in [2.24, 2.45) is 11.8 Å². The lowest BCUT2D eigenvalue weighted by atomic mass is 9.75. The monoisotopic (exact) mass is 330 g/mol. The third-order valence-electron chi connectivity index (χ3n) is 5.65. The molecule has 1 amide bonds. The molecule has 1 N–H and O–H groups in total. The van der Waals surface area contributed by atoms with Gasteiger partial charge in [0.15, 0.2) is 0 Å². The first kappa shape index (κ1) is 17.3. The minimum absolute atomic E-state index is 0.152. The fraction of sp³-hybridized carbons (Fsp3) is 0.650. The predicted molar refractivity (Wildman–Crippen MR) is 96.2 cm³/mol. The normalized spacial score (nSPS) is 24.2. The summed E-state index contributed by atoms with van der Waals surface area (Å²) in [5.74, 6) is 2.79. The van der Waals surface area contributed by atoms with Crippen LogP contribution < -0.4 is 10.1 Å². The molecule has 4 heteroatoms. The Morgan fingerprint density at radius 1 is 1.21 bits per heavy atom. The Kier molecular flexibility index (Phi) is 6.13. The van der Waals surface area contributed by atoms with Crippen LogP contribution in [0.4, 0.5) is 0 Å². The number of carbonyl (C=O) groups is 1. The number of nitrogens with zero attached hydrogens (tertiary/aromatic N) is 1. The number of carbonyl (C=O) groups excluding carboxylic acids is 1. The van der Waals surface area contributed by atoms with Gasteiger partial charge in [0.1, 0.15) is 5.75 Å². The highest BCUT2D eigenvalue weighted by Crippen LogP contribution is 2.35. The number of fused-ring (bicyclic) bond motifs is 1. The van der Waals surface area contributed by atoms with E-state index in [-0.39, 0.29) is 5.91 Å². The maximum Gasteiger partial charge on any atom is 0.234 e. The van der Waals surface area contributed by atoms with E-state index in [2.05, 4.69) is 16.3 Å². The van der Waals surface area contributed by atoms with Gasteiger partial charge in [-0.25, -0.2) is 0 Å². The highest BCUT2D eigenvalue weighted by atomic mass is 16.5.